The minimum Gasteiger partial charge on any atom is -0.305 e. The van der Waals surface area contributed by atoms with Gasteiger partial charge in [0.2, 0.25) is 0 Å². The van der Waals surface area contributed by atoms with Gasteiger partial charge in [0.15, 0.2) is 0 Å². The van der Waals surface area contributed by atoms with Gasteiger partial charge in [0.1, 0.15) is 0 Å². The molecule has 0 amide bonds. The molecular weight excluding hydrogens is 322 g/mol. The number of nitrogens with one attached hydrogen (secondary N) is 1. The van der Waals surface area contributed by atoms with E-state index >= 15 is 0 Å². The van der Waals surface area contributed by atoms with Crippen molar-refractivity contribution in [2.45, 2.75) is 39.8 Å². The lowest BCUT2D eigenvalue weighted by atomic mass is 10.1. The summed E-state index contributed by atoms with van der Waals surface area (Å²) in [5.41, 5.74) is 1.22. The summed E-state index contributed by atoms with van der Waals surface area (Å²) < 4.78 is 3.13. The summed E-state index contributed by atoms with van der Waals surface area (Å²) in [5, 5.41) is 8.00. The number of nitrogens with zero attached hydrogens (tertiary/aromatic N) is 2. The van der Waals surface area contributed by atoms with E-state index < -0.39 is 0 Å². The highest BCUT2D eigenvalue weighted by Gasteiger charge is 2.22. The van der Waals surface area contributed by atoms with Gasteiger partial charge < -0.3 is 5.32 Å². The Labute approximate surface area is 127 Å². The van der Waals surface area contributed by atoms with Crippen LogP contribution >= 0.6 is 27.3 Å². The molecule has 2 aromatic heterocycles. The fourth-order valence-corrected chi connectivity index (χ4v) is 3.74. The lowest BCUT2D eigenvalue weighted by molar-refractivity contribution is 0.545. The van der Waals surface area contributed by atoms with E-state index in [0.717, 1.165) is 24.0 Å². The minimum absolute atomic E-state index is 0.215. The minimum atomic E-state index is 0.215. The normalized spacial score (nSPS) is 12.8. The molecule has 0 bridgehead atoms. The van der Waals surface area contributed by atoms with Gasteiger partial charge in [-0.15, -0.1) is 11.3 Å². The van der Waals surface area contributed by atoms with Crippen LogP contribution < -0.4 is 5.32 Å². The fourth-order valence-electron chi connectivity index (χ4n) is 2.19. The highest BCUT2D eigenvalue weighted by Crippen LogP contribution is 2.32. The molecule has 1 N–H and O–H groups in total. The Kier molecular flexibility index (Phi) is 5.19. The Morgan fingerprint density at radius 3 is 2.74 bits per heavy atom. The first-order valence-corrected chi connectivity index (χ1v) is 8.35. The molecule has 2 rings (SSSR count). The highest BCUT2D eigenvalue weighted by atomic mass is 79.9. The van der Waals surface area contributed by atoms with Gasteiger partial charge in [-0.25, -0.2) is 0 Å². The van der Waals surface area contributed by atoms with Gasteiger partial charge in [-0.3, -0.25) is 4.68 Å². The summed E-state index contributed by atoms with van der Waals surface area (Å²) >= 11 is 5.51. The van der Waals surface area contributed by atoms with Crippen LogP contribution in [0.2, 0.25) is 0 Å². The van der Waals surface area contributed by atoms with Crippen molar-refractivity contribution in [3.8, 4) is 0 Å². The highest BCUT2D eigenvalue weighted by molar-refractivity contribution is 9.10. The molecule has 0 saturated heterocycles. The van der Waals surface area contributed by atoms with Crippen molar-refractivity contribution < 1.29 is 0 Å². The quantitative estimate of drug-likeness (QED) is 0.860. The van der Waals surface area contributed by atoms with E-state index in [2.05, 4.69) is 63.9 Å². The molecule has 0 fully saturated rings. The van der Waals surface area contributed by atoms with Crippen LogP contribution in [-0.4, -0.2) is 16.3 Å². The molecule has 3 nitrogen and oxygen atoms in total. The lowest BCUT2D eigenvalue weighted by Crippen LogP contribution is -2.24. The smallest absolute Gasteiger partial charge is 0.0853 e. The molecule has 1 unspecified atom stereocenters. The predicted molar refractivity (Wildman–Crippen MR) is 84.8 cm³/mol. The Morgan fingerprint density at radius 1 is 1.37 bits per heavy atom. The van der Waals surface area contributed by atoms with E-state index in [9.17, 15) is 0 Å². The van der Waals surface area contributed by atoms with Crippen LogP contribution in [0.15, 0.2) is 22.8 Å². The molecule has 0 aliphatic heterocycles. The van der Waals surface area contributed by atoms with E-state index in [4.69, 9.17) is 0 Å². The van der Waals surface area contributed by atoms with Crippen molar-refractivity contribution in [3.63, 3.8) is 0 Å². The zero-order valence-corrected chi connectivity index (χ0v) is 14.0. The molecule has 2 heterocycles. The molecule has 104 valence electrons. The summed E-state index contributed by atoms with van der Waals surface area (Å²) in [6.07, 6.45) is 2.98. The molecule has 0 saturated carbocycles. The molecular formula is C14H20BrN3S. The van der Waals surface area contributed by atoms with E-state index in [1.54, 1.807) is 0 Å². The summed E-state index contributed by atoms with van der Waals surface area (Å²) in [4.78, 5) is 2.78. The number of aryl methyl sites for hydroxylation is 2. The first-order valence-electron chi connectivity index (χ1n) is 6.74. The fraction of sp³-hybridized carbons (Fsp3) is 0.500. The third-order valence-corrected chi connectivity index (χ3v) is 5.04. The number of rotatable bonds is 6. The number of hydrogen-bond acceptors (Lipinski definition) is 3. The number of halogens is 1. The van der Waals surface area contributed by atoms with Crippen LogP contribution in [0, 0.1) is 0 Å². The van der Waals surface area contributed by atoms with Crippen LogP contribution in [0.1, 0.15) is 42.3 Å². The third kappa shape index (κ3) is 3.09. The molecule has 0 radical (unpaired) electrons. The predicted octanol–water partition coefficient (Wildman–Crippen LogP) is 3.99. The topological polar surface area (TPSA) is 29.9 Å². The van der Waals surface area contributed by atoms with Crippen molar-refractivity contribution in [1.82, 2.24) is 15.1 Å². The number of aromatic nitrogens is 2. The third-order valence-electron chi connectivity index (χ3n) is 3.13. The molecule has 0 spiro atoms. The van der Waals surface area contributed by atoms with Crippen LogP contribution in [-0.2, 0) is 13.0 Å². The van der Waals surface area contributed by atoms with Gasteiger partial charge in [-0.05, 0) is 48.0 Å². The van der Waals surface area contributed by atoms with Gasteiger partial charge in [0, 0.05) is 16.3 Å². The number of hydrogen-bond donors (Lipinski definition) is 1. The van der Waals surface area contributed by atoms with Gasteiger partial charge in [0.25, 0.3) is 0 Å². The first-order chi connectivity index (χ1) is 9.21. The summed E-state index contributed by atoms with van der Waals surface area (Å²) in [6.45, 7) is 8.28. The van der Waals surface area contributed by atoms with Gasteiger partial charge in [-0.2, -0.15) is 5.10 Å². The second kappa shape index (κ2) is 6.68. The lowest BCUT2D eigenvalue weighted by Gasteiger charge is -2.18. The van der Waals surface area contributed by atoms with E-state index in [1.165, 1.54) is 15.4 Å². The van der Waals surface area contributed by atoms with Crippen molar-refractivity contribution in [2.75, 3.05) is 6.54 Å². The van der Waals surface area contributed by atoms with Gasteiger partial charge in [-0.1, -0.05) is 13.8 Å². The Hall–Kier alpha value is -0.650. The molecule has 2 aromatic rings. The Balaban J connectivity index is 2.41. The maximum absolute atomic E-state index is 4.42. The number of thiophene rings is 1. The first kappa shape index (κ1) is 14.8. The van der Waals surface area contributed by atoms with E-state index in [-0.39, 0.29) is 6.04 Å². The average Bonchev–Trinajstić information content (AvgIpc) is 3.02. The van der Waals surface area contributed by atoms with E-state index in [0.29, 0.717) is 0 Å². The summed E-state index contributed by atoms with van der Waals surface area (Å²) in [5.74, 6) is 0. The second-order valence-electron chi connectivity index (χ2n) is 4.34. The zero-order valence-electron chi connectivity index (χ0n) is 11.6. The molecule has 0 aromatic carbocycles. The Morgan fingerprint density at radius 2 is 2.16 bits per heavy atom. The van der Waals surface area contributed by atoms with Crippen LogP contribution in [0.5, 0.6) is 0 Å². The monoisotopic (exact) mass is 341 g/mol. The van der Waals surface area contributed by atoms with E-state index in [1.807, 2.05) is 17.5 Å². The maximum atomic E-state index is 4.42. The Bertz CT molecular complexity index is 533. The standard InChI is InChI=1S/C14H20BrN3S/c1-4-10-7-8-12(19-10)13(16-5-2)14-11(15)9-17-18(14)6-3/h7-9,13,16H,4-6H2,1-3H3. The molecule has 5 heteroatoms. The van der Waals surface area contributed by atoms with Crippen molar-refractivity contribution in [1.29, 1.82) is 0 Å². The van der Waals surface area contributed by atoms with Crippen LogP contribution in [0.3, 0.4) is 0 Å². The largest absolute Gasteiger partial charge is 0.305 e. The summed E-state index contributed by atoms with van der Waals surface area (Å²) in [6, 6.07) is 4.67. The SMILES string of the molecule is CCNC(c1ccc(CC)s1)c1c(Br)cnn1CC. The zero-order chi connectivity index (χ0) is 13.8. The summed E-state index contributed by atoms with van der Waals surface area (Å²) in [7, 11) is 0. The van der Waals surface area contributed by atoms with Crippen molar-refractivity contribution in [2.24, 2.45) is 0 Å². The molecule has 0 aliphatic carbocycles. The molecule has 0 aliphatic rings. The second-order valence-corrected chi connectivity index (χ2v) is 6.40. The molecule has 1 atom stereocenters. The average molecular weight is 342 g/mol. The maximum Gasteiger partial charge on any atom is 0.0853 e. The van der Waals surface area contributed by atoms with Gasteiger partial charge in [0.05, 0.1) is 22.4 Å². The van der Waals surface area contributed by atoms with Crippen LogP contribution in [0.4, 0.5) is 0 Å². The van der Waals surface area contributed by atoms with Crippen LogP contribution in [0.25, 0.3) is 0 Å². The molecule has 19 heavy (non-hydrogen) atoms. The van der Waals surface area contributed by atoms with Crippen molar-refractivity contribution >= 4 is 27.3 Å². The van der Waals surface area contributed by atoms with Crippen molar-refractivity contribution in [3.05, 3.63) is 38.3 Å². The van der Waals surface area contributed by atoms with Gasteiger partial charge >= 0.3 is 0 Å².